The van der Waals surface area contributed by atoms with E-state index >= 15 is 0 Å². The Morgan fingerprint density at radius 1 is 1.14 bits per heavy atom. The first-order valence-corrected chi connectivity index (χ1v) is 16.1. The molecule has 2 aromatic carbocycles. The maximum absolute atomic E-state index is 13.7. The van der Waals surface area contributed by atoms with Gasteiger partial charge in [-0.1, -0.05) is 67.0 Å². The van der Waals surface area contributed by atoms with Crippen LogP contribution in [0.3, 0.4) is 0 Å². The molecule has 0 bridgehead atoms. The number of nitrogens with one attached hydrogen (secondary N) is 1. The molecular formula is C35H36BrN3O2S. The van der Waals surface area contributed by atoms with Gasteiger partial charge in [0.15, 0.2) is 0 Å². The second-order valence-electron chi connectivity index (χ2n) is 12.2. The predicted octanol–water partition coefficient (Wildman–Crippen LogP) is 9.25. The molecule has 6 rings (SSSR count). The van der Waals surface area contributed by atoms with Crippen molar-refractivity contribution in [3.05, 3.63) is 110 Å². The topological polar surface area (TPSA) is 59.5 Å². The summed E-state index contributed by atoms with van der Waals surface area (Å²) >= 11 is 5.23. The minimum atomic E-state index is -0.0837. The molecule has 216 valence electrons. The fourth-order valence-corrected chi connectivity index (χ4v) is 7.56. The van der Waals surface area contributed by atoms with Crippen LogP contribution in [0.5, 0.6) is 0 Å². The van der Waals surface area contributed by atoms with Gasteiger partial charge < -0.3 is 14.3 Å². The van der Waals surface area contributed by atoms with Crippen LogP contribution in [0.2, 0.25) is 0 Å². The zero-order valence-electron chi connectivity index (χ0n) is 24.5. The van der Waals surface area contributed by atoms with Gasteiger partial charge in [0.25, 0.3) is 5.91 Å². The van der Waals surface area contributed by atoms with Crippen molar-refractivity contribution in [3.8, 4) is 0 Å². The lowest BCUT2D eigenvalue weighted by molar-refractivity contribution is 0.0947. The second kappa shape index (κ2) is 11.7. The fourth-order valence-electron chi connectivity index (χ4n) is 6.02. The van der Waals surface area contributed by atoms with Crippen LogP contribution in [0.4, 0.5) is 5.00 Å². The maximum atomic E-state index is 13.7. The van der Waals surface area contributed by atoms with E-state index in [0.717, 1.165) is 63.2 Å². The van der Waals surface area contributed by atoms with Gasteiger partial charge in [0.05, 0.1) is 18.4 Å². The lowest BCUT2D eigenvalue weighted by Gasteiger charge is -2.33. The molecule has 0 saturated heterocycles. The van der Waals surface area contributed by atoms with Gasteiger partial charge in [-0.25, -0.2) is 4.99 Å². The monoisotopic (exact) mass is 641 g/mol. The maximum Gasteiger partial charge on any atom is 0.255 e. The van der Waals surface area contributed by atoms with E-state index < -0.39 is 0 Å². The molecule has 3 aromatic heterocycles. The average molecular weight is 643 g/mol. The number of aliphatic imine (C=N–C) groups is 1. The summed E-state index contributed by atoms with van der Waals surface area (Å²) in [6.45, 7) is 10.2. The van der Waals surface area contributed by atoms with Crippen LogP contribution in [0.25, 0.3) is 10.9 Å². The van der Waals surface area contributed by atoms with Gasteiger partial charge in [-0.3, -0.25) is 4.79 Å². The van der Waals surface area contributed by atoms with Gasteiger partial charge in [0.2, 0.25) is 0 Å². The van der Waals surface area contributed by atoms with Crippen LogP contribution in [0.15, 0.2) is 80.8 Å². The number of nitrogens with zero attached hydrogens (tertiary/aromatic N) is 2. The summed E-state index contributed by atoms with van der Waals surface area (Å²) in [6.07, 6.45) is 6.57. The standard InChI is InChI=1S/C35H36BrN3O2S/c1-22-29(27-9-5-6-10-30(27)39(22)21-23-11-14-25(36)15-12-23)20-38-34-32(33(40)37-19-26-8-7-17-41-26)28-16-13-24(35(2,3)4)18-31(28)42-34/h5-12,14-15,17,20,24H,13,16,18-19,21H2,1-4H3,(H,37,40)/t24-/m1/s1. The number of para-hydroxylation sites is 1. The third-order valence-electron chi connectivity index (χ3n) is 8.55. The minimum Gasteiger partial charge on any atom is -0.467 e. The minimum absolute atomic E-state index is 0.0837. The van der Waals surface area contributed by atoms with E-state index in [1.165, 1.54) is 21.5 Å². The number of carbonyl (C=O) groups excluding carboxylic acids is 1. The van der Waals surface area contributed by atoms with E-state index in [-0.39, 0.29) is 11.3 Å². The summed E-state index contributed by atoms with van der Waals surface area (Å²) in [5.74, 6) is 1.23. The van der Waals surface area contributed by atoms with Crippen LogP contribution < -0.4 is 5.32 Å². The van der Waals surface area contributed by atoms with Gasteiger partial charge >= 0.3 is 0 Å². The number of thiophene rings is 1. The zero-order chi connectivity index (χ0) is 29.4. The molecule has 1 atom stereocenters. The van der Waals surface area contributed by atoms with E-state index in [9.17, 15) is 4.79 Å². The Labute approximate surface area is 259 Å². The van der Waals surface area contributed by atoms with Crippen LogP contribution in [0.1, 0.15) is 70.6 Å². The molecule has 1 aliphatic rings. The summed E-state index contributed by atoms with van der Waals surface area (Å²) in [5, 5.41) is 5.04. The second-order valence-corrected chi connectivity index (χ2v) is 14.2. The molecule has 7 heteroatoms. The number of carbonyl (C=O) groups is 1. The first kappa shape index (κ1) is 28.7. The van der Waals surface area contributed by atoms with Crippen LogP contribution in [-0.4, -0.2) is 16.7 Å². The molecular weight excluding hydrogens is 606 g/mol. The van der Waals surface area contributed by atoms with Crippen molar-refractivity contribution >= 4 is 55.3 Å². The van der Waals surface area contributed by atoms with Crippen molar-refractivity contribution < 1.29 is 9.21 Å². The molecule has 0 aliphatic heterocycles. The first-order chi connectivity index (χ1) is 20.2. The predicted molar refractivity (Wildman–Crippen MR) is 176 cm³/mol. The van der Waals surface area contributed by atoms with E-state index in [1.54, 1.807) is 17.6 Å². The lowest BCUT2D eigenvalue weighted by atomic mass is 9.72. The highest BCUT2D eigenvalue weighted by atomic mass is 79.9. The van der Waals surface area contributed by atoms with Crippen molar-refractivity contribution in [3.63, 3.8) is 0 Å². The lowest BCUT2D eigenvalue weighted by Crippen LogP contribution is -2.28. The quantitative estimate of drug-likeness (QED) is 0.180. The van der Waals surface area contributed by atoms with Crippen LogP contribution in [0, 0.1) is 18.3 Å². The third kappa shape index (κ3) is 5.77. The Morgan fingerprint density at radius 3 is 2.67 bits per heavy atom. The molecule has 3 heterocycles. The molecule has 5 nitrogen and oxygen atoms in total. The number of hydrogen-bond donors (Lipinski definition) is 1. The Morgan fingerprint density at radius 2 is 1.93 bits per heavy atom. The van der Waals surface area contributed by atoms with Crippen LogP contribution in [-0.2, 0) is 25.9 Å². The highest BCUT2D eigenvalue weighted by molar-refractivity contribution is 9.10. The first-order valence-electron chi connectivity index (χ1n) is 14.5. The van der Waals surface area contributed by atoms with Crippen LogP contribution >= 0.6 is 27.3 Å². The normalized spacial score (nSPS) is 15.4. The molecule has 42 heavy (non-hydrogen) atoms. The van der Waals surface area contributed by atoms with E-state index in [0.29, 0.717) is 12.5 Å². The number of hydrogen-bond acceptors (Lipinski definition) is 4. The molecule has 1 aliphatic carbocycles. The van der Waals surface area contributed by atoms with E-state index in [2.05, 4.69) is 102 Å². The number of furan rings is 1. The third-order valence-corrected chi connectivity index (χ3v) is 10.2. The van der Waals surface area contributed by atoms with Gasteiger partial charge in [0, 0.05) is 44.3 Å². The average Bonchev–Trinajstić information content (AvgIpc) is 3.68. The number of aromatic nitrogens is 1. The number of amides is 1. The largest absolute Gasteiger partial charge is 0.467 e. The molecule has 0 spiro atoms. The van der Waals surface area contributed by atoms with Gasteiger partial charge in [0.1, 0.15) is 10.8 Å². The summed E-state index contributed by atoms with van der Waals surface area (Å²) in [4.78, 5) is 20.0. The number of benzene rings is 2. The Bertz CT molecular complexity index is 1750. The smallest absolute Gasteiger partial charge is 0.255 e. The number of halogens is 1. The van der Waals surface area contributed by atoms with Crippen molar-refractivity contribution in [1.82, 2.24) is 9.88 Å². The molecule has 1 amide bonds. The van der Waals surface area contributed by atoms with Crippen molar-refractivity contribution in [1.29, 1.82) is 0 Å². The molecule has 0 radical (unpaired) electrons. The van der Waals surface area contributed by atoms with Gasteiger partial charge in [-0.2, -0.15) is 0 Å². The highest BCUT2D eigenvalue weighted by Crippen LogP contribution is 2.45. The SMILES string of the molecule is Cc1c(C=Nc2sc3c(c2C(=O)NCc2ccco2)CC[C@@H](C(C)(C)C)C3)c2ccccc2n1Cc1ccc(Br)cc1. The molecule has 0 saturated carbocycles. The van der Waals surface area contributed by atoms with Crippen molar-refractivity contribution in [2.24, 2.45) is 16.3 Å². The van der Waals surface area contributed by atoms with E-state index in [4.69, 9.17) is 9.41 Å². The van der Waals surface area contributed by atoms with Crippen molar-refractivity contribution in [2.75, 3.05) is 0 Å². The van der Waals surface area contributed by atoms with E-state index in [1.807, 2.05) is 18.3 Å². The number of fused-ring (bicyclic) bond motifs is 2. The Hall–Kier alpha value is -3.42. The fraction of sp³-hybridized carbons (Fsp3) is 0.314. The Balaban J connectivity index is 1.38. The molecule has 1 N–H and O–H groups in total. The Kier molecular flexibility index (Phi) is 7.99. The summed E-state index contributed by atoms with van der Waals surface area (Å²) in [5.41, 5.74) is 6.76. The van der Waals surface area contributed by atoms with Crippen molar-refractivity contribution in [2.45, 2.75) is 60.0 Å². The zero-order valence-corrected chi connectivity index (χ0v) is 26.9. The summed E-state index contributed by atoms with van der Waals surface area (Å²) < 4.78 is 8.88. The summed E-state index contributed by atoms with van der Waals surface area (Å²) in [7, 11) is 0. The van der Waals surface area contributed by atoms with Gasteiger partial charge in [-0.05, 0) is 79.0 Å². The van der Waals surface area contributed by atoms with Gasteiger partial charge in [-0.15, -0.1) is 11.3 Å². The molecule has 5 aromatic rings. The highest BCUT2D eigenvalue weighted by Gasteiger charge is 2.33. The molecule has 0 unspecified atom stereocenters. The summed E-state index contributed by atoms with van der Waals surface area (Å²) in [6, 6.07) is 20.7. The molecule has 0 fully saturated rings. The number of rotatable bonds is 7.